The van der Waals surface area contributed by atoms with Gasteiger partial charge in [-0.05, 0) is 6.42 Å². The lowest BCUT2D eigenvalue weighted by molar-refractivity contribution is -0.114. The smallest absolute Gasteiger partial charge is 0.270 e. The topological polar surface area (TPSA) is 91.3 Å². The van der Waals surface area contributed by atoms with Crippen molar-refractivity contribution in [3.63, 3.8) is 0 Å². The molecule has 7 heteroatoms. The molecule has 100 valence electrons. The molecule has 2 amide bonds. The van der Waals surface area contributed by atoms with Gasteiger partial charge < -0.3 is 15.7 Å². The summed E-state index contributed by atoms with van der Waals surface area (Å²) in [6.45, 7) is 3.55. The average Bonchev–Trinajstić information content (AvgIpc) is 2.74. The van der Waals surface area contributed by atoms with Crippen LogP contribution in [-0.2, 0) is 4.79 Å². The lowest BCUT2D eigenvalue weighted by Gasteiger charge is -2.09. The number of carbonyl (C=O) groups excluding carboxylic acids is 2. The number of aliphatic hydroxyl groups excluding tert-OH is 1. The number of aliphatic hydroxyl groups is 1. The van der Waals surface area contributed by atoms with Crippen LogP contribution in [-0.4, -0.2) is 34.6 Å². The molecule has 0 saturated heterocycles. The Bertz CT molecular complexity index is 419. The molecular formula is C11H17N3O3S. The summed E-state index contributed by atoms with van der Waals surface area (Å²) >= 11 is 1.18. The minimum absolute atomic E-state index is 0.208. The second-order valence-electron chi connectivity index (χ2n) is 3.87. The SMILES string of the molecule is CCCC(O)CNC(=O)c1csc(NC(C)=O)n1. The zero-order valence-corrected chi connectivity index (χ0v) is 11.2. The van der Waals surface area contributed by atoms with Crippen LogP contribution in [0.2, 0.25) is 0 Å². The number of nitrogens with zero attached hydrogens (tertiary/aromatic N) is 1. The van der Waals surface area contributed by atoms with Gasteiger partial charge in [-0.25, -0.2) is 4.98 Å². The Morgan fingerprint density at radius 1 is 1.56 bits per heavy atom. The molecule has 1 aromatic rings. The quantitative estimate of drug-likeness (QED) is 0.719. The molecule has 0 aliphatic heterocycles. The van der Waals surface area contributed by atoms with Gasteiger partial charge in [-0.3, -0.25) is 9.59 Å². The molecule has 0 bridgehead atoms. The van der Waals surface area contributed by atoms with Gasteiger partial charge in [-0.1, -0.05) is 13.3 Å². The van der Waals surface area contributed by atoms with Gasteiger partial charge in [-0.15, -0.1) is 11.3 Å². The average molecular weight is 271 g/mol. The van der Waals surface area contributed by atoms with Gasteiger partial charge in [0.05, 0.1) is 6.10 Å². The van der Waals surface area contributed by atoms with Gasteiger partial charge in [-0.2, -0.15) is 0 Å². The van der Waals surface area contributed by atoms with Crippen LogP contribution in [0.25, 0.3) is 0 Å². The highest BCUT2D eigenvalue weighted by molar-refractivity contribution is 7.14. The summed E-state index contributed by atoms with van der Waals surface area (Å²) in [5.41, 5.74) is 0.243. The molecule has 0 aromatic carbocycles. The molecule has 1 unspecified atom stereocenters. The molecule has 0 aliphatic carbocycles. The van der Waals surface area contributed by atoms with Crippen LogP contribution in [0, 0.1) is 0 Å². The summed E-state index contributed by atoms with van der Waals surface area (Å²) in [5, 5.41) is 16.5. The summed E-state index contributed by atoms with van der Waals surface area (Å²) in [6, 6.07) is 0. The van der Waals surface area contributed by atoms with Gasteiger partial charge in [0.25, 0.3) is 5.91 Å². The molecule has 0 aliphatic rings. The van der Waals surface area contributed by atoms with Gasteiger partial charge in [0, 0.05) is 18.8 Å². The molecule has 1 rings (SSSR count). The molecule has 6 nitrogen and oxygen atoms in total. The largest absolute Gasteiger partial charge is 0.391 e. The number of hydrogen-bond donors (Lipinski definition) is 3. The van der Waals surface area contributed by atoms with Crippen LogP contribution in [0.15, 0.2) is 5.38 Å². The van der Waals surface area contributed by atoms with Crippen molar-refractivity contribution in [2.24, 2.45) is 0 Å². The van der Waals surface area contributed by atoms with E-state index in [1.807, 2.05) is 6.92 Å². The summed E-state index contributed by atoms with van der Waals surface area (Å²) in [5.74, 6) is -0.576. The lowest BCUT2D eigenvalue weighted by atomic mass is 10.2. The number of nitrogens with one attached hydrogen (secondary N) is 2. The van der Waals surface area contributed by atoms with Crippen LogP contribution >= 0.6 is 11.3 Å². The first-order valence-electron chi connectivity index (χ1n) is 5.72. The second kappa shape index (κ2) is 7.07. The highest BCUT2D eigenvalue weighted by Gasteiger charge is 2.12. The highest BCUT2D eigenvalue weighted by atomic mass is 32.1. The third-order valence-corrected chi connectivity index (χ3v) is 2.90. The van der Waals surface area contributed by atoms with E-state index in [1.54, 1.807) is 5.38 Å². The van der Waals surface area contributed by atoms with Crippen molar-refractivity contribution >= 4 is 28.3 Å². The maximum absolute atomic E-state index is 11.7. The van der Waals surface area contributed by atoms with Crippen molar-refractivity contribution in [3.05, 3.63) is 11.1 Å². The van der Waals surface area contributed by atoms with Crippen LogP contribution in [0.1, 0.15) is 37.2 Å². The van der Waals surface area contributed by atoms with Gasteiger partial charge >= 0.3 is 0 Å². The number of aromatic nitrogens is 1. The monoisotopic (exact) mass is 271 g/mol. The third-order valence-electron chi connectivity index (χ3n) is 2.14. The molecule has 0 radical (unpaired) electrons. The summed E-state index contributed by atoms with van der Waals surface area (Å²) in [6.07, 6.45) is 0.974. The van der Waals surface area contributed by atoms with Gasteiger partial charge in [0.1, 0.15) is 5.69 Å². The van der Waals surface area contributed by atoms with Gasteiger partial charge in [0.2, 0.25) is 5.91 Å². The molecule has 3 N–H and O–H groups in total. The van der Waals surface area contributed by atoms with E-state index < -0.39 is 6.10 Å². The van der Waals surface area contributed by atoms with E-state index in [0.29, 0.717) is 11.6 Å². The van der Waals surface area contributed by atoms with E-state index in [9.17, 15) is 14.7 Å². The minimum atomic E-state index is -0.535. The van der Waals surface area contributed by atoms with Crippen LogP contribution < -0.4 is 10.6 Å². The summed E-state index contributed by atoms with van der Waals surface area (Å²) < 4.78 is 0. The maximum atomic E-state index is 11.7. The fraction of sp³-hybridized carbons (Fsp3) is 0.545. The third kappa shape index (κ3) is 4.80. The van der Waals surface area contributed by atoms with Crippen molar-refractivity contribution in [1.29, 1.82) is 0 Å². The fourth-order valence-electron chi connectivity index (χ4n) is 1.32. The predicted molar refractivity (Wildman–Crippen MR) is 69.7 cm³/mol. The first-order valence-corrected chi connectivity index (χ1v) is 6.60. The first kappa shape index (κ1) is 14.6. The van der Waals surface area contributed by atoms with Crippen molar-refractivity contribution in [1.82, 2.24) is 10.3 Å². The molecule has 0 saturated carbocycles. The summed E-state index contributed by atoms with van der Waals surface area (Å²) in [7, 11) is 0. The van der Waals surface area contributed by atoms with E-state index in [4.69, 9.17) is 0 Å². The maximum Gasteiger partial charge on any atom is 0.270 e. The zero-order chi connectivity index (χ0) is 13.5. The molecular weight excluding hydrogens is 254 g/mol. The normalized spacial score (nSPS) is 11.9. The number of thiazole rings is 1. The molecule has 18 heavy (non-hydrogen) atoms. The first-order chi connectivity index (χ1) is 8.52. The predicted octanol–water partition coefficient (Wildman–Crippen LogP) is 0.992. The fourth-order valence-corrected chi connectivity index (χ4v) is 2.06. The van der Waals surface area contributed by atoms with E-state index in [2.05, 4.69) is 15.6 Å². The van der Waals surface area contributed by atoms with E-state index in [-0.39, 0.29) is 24.1 Å². The number of rotatable bonds is 6. The van der Waals surface area contributed by atoms with Crippen molar-refractivity contribution < 1.29 is 14.7 Å². The van der Waals surface area contributed by atoms with Crippen LogP contribution in [0.5, 0.6) is 0 Å². The number of amides is 2. The Labute approximate surface area is 109 Å². The second-order valence-corrected chi connectivity index (χ2v) is 4.73. The van der Waals surface area contributed by atoms with Gasteiger partial charge in [0.15, 0.2) is 5.13 Å². The Morgan fingerprint density at radius 2 is 2.28 bits per heavy atom. The van der Waals surface area contributed by atoms with Crippen molar-refractivity contribution in [2.75, 3.05) is 11.9 Å². The number of anilines is 1. The Balaban J connectivity index is 2.46. The molecule has 1 heterocycles. The van der Waals surface area contributed by atoms with E-state index in [0.717, 1.165) is 6.42 Å². The molecule has 1 aromatic heterocycles. The lowest BCUT2D eigenvalue weighted by Crippen LogP contribution is -2.32. The standard InChI is InChI=1S/C11H17N3O3S/c1-3-4-8(16)5-12-10(17)9-6-18-11(14-9)13-7(2)15/h6,8,16H,3-5H2,1-2H3,(H,12,17)(H,13,14,15). The van der Waals surface area contributed by atoms with Crippen molar-refractivity contribution in [3.8, 4) is 0 Å². The van der Waals surface area contributed by atoms with Crippen LogP contribution in [0.4, 0.5) is 5.13 Å². The Hall–Kier alpha value is -1.47. The Kier molecular flexibility index (Phi) is 5.73. The van der Waals surface area contributed by atoms with E-state index in [1.165, 1.54) is 18.3 Å². The summed E-state index contributed by atoms with van der Waals surface area (Å²) in [4.78, 5) is 26.4. The van der Waals surface area contributed by atoms with Crippen LogP contribution in [0.3, 0.4) is 0 Å². The van der Waals surface area contributed by atoms with E-state index >= 15 is 0 Å². The zero-order valence-electron chi connectivity index (χ0n) is 10.4. The molecule has 1 atom stereocenters. The molecule has 0 spiro atoms. The Morgan fingerprint density at radius 3 is 2.89 bits per heavy atom. The number of carbonyl (C=O) groups is 2. The van der Waals surface area contributed by atoms with Crippen molar-refractivity contribution in [2.45, 2.75) is 32.8 Å². The minimum Gasteiger partial charge on any atom is -0.391 e. The highest BCUT2D eigenvalue weighted by Crippen LogP contribution is 2.15. The number of hydrogen-bond acceptors (Lipinski definition) is 5. The molecule has 0 fully saturated rings.